The zero-order valence-corrected chi connectivity index (χ0v) is 8.77. The molecule has 72 valence electrons. The van der Waals surface area contributed by atoms with Crippen molar-refractivity contribution in [1.29, 1.82) is 0 Å². The van der Waals surface area contributed by atoms with Gasteiger partial charge in [-0.25, -0.2) is 0 Å². The van der Waals surface area contributed by atoms with E-state index < -0.39 is 0 Å². The second-order valence-electron chi connectivity index (χ2n) is 3.16. The molecule has 2 heteroatoms. The van der Waals surface area contributed by atoms with Gasteiger partial charge in [0, 0.05) is 11.6 Å². The number of benzene rings is 1. The zero-order valence-electron chi connectivity index (χ0n) is 8.02. The number of hydrogen-bond acceptors (Lipinski definition) is 1. The molecule has 0 fully saturated rings. The van der Waals surface area contributed by atoms with E-state index in [1.807, 2.05) is 12.1 Å². The molecule has 0 saturated heterocycles. The molecule has 0 aromatic heterocycles. The van der Waals surface area contributed by atoms with E-state index in [0.717, 1.165) is 18.1 Å². The van der Waals surface area contributed by atoms with Crippen LogP contribution in [-0.2, 0) is 6.54 Å². The van der Waals surface area contributed by atoms with Crippen LogP contribution >= 0.6 is 11.6 Å². The van der Waals surface area contributed by atoms with Gasteiger partial charge in [0.15, 0.2) is 0 Å². The van der Waals surface area contributed by atoms with Crippen LogP contribution in [0.15, 0.2) is 24.3 Å². The third-order valence-corrected chi connectivity index (χ3v) is 2.20. The van der Waals surface area contributed by atoms with Gasteiger partial charge in [-0.05, 0) is 30.7 Å². The number of unbranched alkanes of at least 4 members (excludes halogenated alkanes) is 1. The predicted octanol–water partition coefficient (Wildman–Crippen LogP) is 3.23. The summed E-state index contributed by atoms with van der Waals surface area (Å²) in [5.41, 5.74) is 1.29. The van der Waals surface area contributed by atoms with Crippen LogP contribution in [0.25, 0.3) is 0 Å². The summed E-state index contributed by atoms with van der Waals surface area (Å²) >= 11 is 5.78. The lowest BCUT2D eigenvalue weighted by molar-refractivity contribution is 0.641. The maximum absolute atomic E-state index is 5.78. The molecule has 1 aromatic rings. The van der Waals surface area contributed by atoms with Gasteiger partial charge < -0.3 is 5.32 Å². The molecule has 1 aromatic carbocycles. The van der Waals surface area contributed by atoms with E-state index in [2.05, 4.69) is 24.4 Å². The average Bonchev–Trinajstić information content (AvgIpc) is 2.15. The van der Waals surface area contributed by atoms with Crippen LogP contribution in [0.3, 0.4) is 0 Å². The van der Waals surface area contributed by atoms with E-state index >= 15 is 0 Å². The summed E-state index contributed by atoms with van der Waals surface area (Å²) in [4.78, 5) is 0. The second kappa shape index (κ2) is 6.01. The standard InChI is InChI=1S/C11H16ClN/c1-2-3-8-13-9-10-4-6-11(12)7-5-10/h4-7,13H,2-3,8-9H2,1H3. The molecule has 0 atom stereocenters. The van der Waals surface area contributed by atoms with Crippen molar-refractivity contribution in [2.75, 3.05) is 6.54 Å². The van der Waals surface area contributed by atoms with E-state index in [0.29, 0.717) is 0 Å². The SMILES string of the molecule is CCCCNCc1ccc(Cl)cc1. The molecule has 0 heterocycles. The minimum atomic E-state index is 0.803. The number of hydrogen-bond donors (Lipinski definition) is 1. The molecule has 0 amide bonds. The van der Waals surface area contributed by atoms with E-state index in [9.17, 15) is 0 Å². The molecular weight excluding hydrogens is 182 g/mol. The van der Waals surface area contributed by atoms with Crippen LogP contribution in [-0.4, -0.2) is 6.54 Å². The highest BCUT2D eigenvalue weighted by Crippen LogP contribution is 2.08. The van der Waals surface area contributed by atoms with Crippen molar-refractivity contribution in [3.8, 4) is 0 Å². The van der Waals surface area contributed by atoms with Crippen LogP contribution in [0.2, 0.25) is 5.02 Å². The van der Waals surface area contributed by atoms with Crippen LogP contribution in [0.5, 0.6) is 0 Å². The van der Waals surface area contributed by atoms with Crippen molar-refractivity contribution in [1.82, 2.24) is 5.32 Å². The Labute approximate surface area is 85.1 Å². The first-order chi connectivity index (χ1) is 6.33. The van der Waals surface area contributed by atoms with Crippen molar-refractivity contribution in [3.05, 3.63) is 34.9 Å². The van der Waals surface area contributed by atoms with Crippen molar-refractivity contribution in [3.63, 3.8) is 0 Å². The first kappa shape index (κ1) is 10.6. The molecule has 0 aliphatic carbocycles. The monoisotopic (exact) mass is 197 g/mol. The zero-order chi connectivity index (χ0) is 9.52. The fourth-order valence-electron chi connectivity index (χ4n) is 1.14. The lowest BCUT2D eigenvalue weighted by Gasteiger charge is -2.03. The second-order valence-corrected chi connectivity index (χ2v) is 3.59. The lowest BCUT2D eigenvalue weighted by Crippen LogP contribution is -2.14. The largest absolute Gasteiger partial charge is 0.313 e. The highest BCUT2D eigenvalue weighted by atomic mass is 35.5. The van der Waals surface area contributed by atoms with E-state index in [4.69, 9.17) is 11.6 Å². The van der Waals surface area contributed by atoms with Gasteiger partial charge >= 0.3 is 0 Å². The minimum absolute atomic E-state index is 0.803. The fraction of sp³-hybridized carbons (Fsp3) is 0.455. The predicted molar refractivity (Wildman–Crippen MR) is 58.1 cm³/mol. The first-order valence-corrected chi connectivity index (χ1v) is 5.16. The van der Waals surface area contributed by atoms with E-state index in [-0.39, 0.29) is 0 Å². The molecule has 0 saturated carbocycles. The van der Waals surface area contributed by atoms with E-state index in [1.165, 1.54) is 18.4 Å². The highest BCUT2D eigenvalue weighted by Gasteiger charge is 1.91. The topological polar surface area (TPSA) is 12.0 Å². The smallest absolute Gasteiger partial charge is 0.0406 e. The Morgan fingerprint density at radius 1 is 1.23 bits per heavy atom. The Balaban J connectivity index is 2.25. The van der Waals surface area contributed by atoms with Crippen molar-refractivity contribution in [2.45, 2.75) is 26.3 Å². The Morgan fingerprint density at radius 2 is 1.92 bits per heavy atom. The summed E-state index contributed by atoms with van der Waals surface area (Å²) in [7, 11) is 0. The number of nitrogens with one attached hydrogen (secondary N) is 1. The van der Waals surface area contributed by atoms with Gasteiger partial charge in [-0.3, -0.25) is 0 Å². The Hall–Kier alpha value is -0.530. The molecule has 1 rings (SSSR count). The molecule has 0 bridgehead atoms. The molecule has 0 spiro atoms. The van der Waals surface area contributed by atoms with Gasteiger partial charge in [0.25, 0.3) is 0 Å². The highest BCUT2D eigenvalue weighted by molar-refractivity contribution is 6.30. The van der Waals surface area contributed by atoms with Crippen molar-refractivity contribution < 1.29 is 0 Å². The third-order valence-electron chi connectivity index (χ3n) is 1.95. The normalized spacial score (nSPS) is 10.3. The summed E-state index contributed by atoms with van der Waals surface area (Å²) < 4.78 is 0. The Bertz CT molecular complexity index is 230. The van der Waals surface area contributed by atoms with Gasteiger partial charge in [0.2, 0.25) is 0 Å². The Morgan fingerprint density at radius 3 is 2.54 bits per heavy atom. The lowest BCUT2D eigenvalue weighted by atomic mass is 10.2. The molecule has 0 aliphatic rings. The summed E-state index contributed by atoms with van der Waals surface area (Å²) in [5.74, 6) is 0. The maximum atomic E-state index is 5.78. The molecule has 0 unspecified atom stereocenters. The first-order valence-electron chi connectivity index (χ1n) is 4.78. The van der Waals surface area contributed by atoms with Gasteiger partial charge in [-0.15, -0.1) is 0 Å². The van der Waals surface area contributed by atoms with Crippen molar-refractivity contribution in [2.24, 2.45) is 0 Å². The van der Waals surface area contributed by atoms with Crippen LogP contribution in [0.4, 0.5) is 0 Å². The van der Waals surface area contributed by atoms with Crippen LogP contribution in [0, 0.1) is 0 Å². The van der Waals surface area contributed by atoms with Gasteiger partial charge in [-0.2, -0.15) is 0 Å². The third kappa shape index (κ3) is 4.30. The summed E-state index contributed by atoms with van der Waals surface area (Å²) in [6.45, 7) is 4.24. The molecule has 0 aliphatic heterocycles. The molecule has 13 heavy (non-hydrogen) atoms. The minimum Gasteiger partial charge on any atom is -0.313 e. The maximum Gasteiger partial charge on any atom is 0.0406 e. The Kier molecular flexibility index (Phi) is 4.87. The van der Waals surface area contributed by atoms with Gasteiger partial charge in [-0.1, -0.05) is 37.1 Å². The molecule has 1 nitrogen and oxygen atoms in total. The summed E-state index contributed by atoms with van der Waals surface area (Å²) in [6.07, 6.45) is 2.49. The van der Waals surface area contributed by atoms with Crippen LogP contribution in [0.1, 0.15) is 25.3 Å². The van der Waals surface area contributed by atoms with Gasteiger partial charge in [0.1, 0.15) is 0 Å². The number of rotatable bonds is 5. The quantitative estimate of drug-likeness (QED) is 0.715. The summed E-state index contributed by atoms with van der Waals surface area (Å²) in [5, 5.41) is 4.18. The summed E-state index contributed by atoms with van der Waals surface area (Å²) in [6, 6.07) is 7.97. The van der Waals surface area contributed by atoms with Crippen molar-refractivity contribution >= 4 is 11.6 Å². The van der Waals surface area contributed by atoms with E-state index in [1.54, 1.807) is 0 Å². The van der Waals surface area contributed by atoms with Gasteiger partial charge in [0.05, 0.1) is 0 Å². The average molecular weight is 198 g/mol. The fourth-order valence-corrected chi connectivity index (χ4v) is 1.26. The van der Waals surface area contributed by atoms with Crippen LogP contribution < -0.4 is 5.32 Å². The molecule has 1 N–H and O–H groups in total. The molecular formula is C11H16ClN. The molecule has 0 radical (unpaired) electrons. The number of halogens is 1.